The highest BCUT2D eigenvalue weighted by molar-refractivity contribution is 6.30. The van der Waals surface area contributed by atoms with Gasteiger partial charge in [-0.3, -0.25) is 25.2 Å². The van der Waals surface area contributed by atoms with Gasteiger partial charge in [-0.25, -0.2) is 0 Å². The second-order valence-corrected chi connectivity index (χ2v) is 6.91. The van der Waals surface area contributed by atoms with E-state index < -0.39 is 11.8 Å². The Balaban J connectivity index is 1.49. The van der Waals surface area contributed by atoms with Crippen molar-refractivity contribution in [3.63, 3.8) is 0 Å². The molecule has 2 amide bonds. The van der Waals surface area contributed by atoms with E-state index in [-0.39, 0.29) is 12.4 Å². The minimum absolute atomic E-state index is 0.150. The minimum Gasteiger partial charge on any atom is -0.484 e. The Morgan fingerprint density at radius 2 is 1.53 bits per heavy atom. The van der Waals surface area contributed by atoms with E-state index in [1.165, 1.54) is 0 Å². The van der Waals surface area contributed by atoms with E-state index in [0.29, 0.717) is 39.0 Å². The first-order valence-corrected chi connectivity index (χ1v) is 9.40. The summed E-state index contributed by atoms with van der Waals surface area (Å²) in [5.41, 5.74) is 5.92. The van der Waals surface area contributed by atoms with Crippen LogP contribution >= 0.6 is 11.6 Å². The van der Waals surface area contributed by atoms with E-state index >= 15 is 0 Å². The van der Waals surface area contributed by atoms with E-state index in [1.807, 2.05) is 0 Å². The standard InChI is InChI=1S/C22H19ClN2O5/c1-13-11-19(14(2)30-13)22(28)25-24-20(26)12-29-18-9-5-16(6-10-18)21(27)15-3-7-17(23)8-4-15/h3-11H,12H2,1-2H3,(H,24,26)(H,25,28). The molecule has 154 valence electrons. The normalized spacial score (nSPS) is 10.4. The van der Waals surface area contributed by atoms with Gasteiger partial charge in [0.25, 0.3) is 11.8 Å². The largest absolute Gasteiger partial charge is 0.484 e. The summed E-state index contributed by atoms with van der Waals surface area (Å²) in [5, 5.41) is 0.555. The Labute approximate surface area is 178 Å². The Kier molecular flexibility index (Phi) is 6.54. The monoisotopic (exact) mass is 426 g/mol. The zero-order chi connectivity index (χ0) is 21.7. The van der Waals surface area contributed by atoms with Crippen molar-refractivity contribution >= 4 is 29.2 Å². The van der Waals surface area contributed by atoms with Gasteiger partial charge in [0.2, 0.25) is 0 Å². The quantitative estimate of drug-likeness (QED) is 0.463. The number of amides is 2. The molecule has 0 saturated carbocycles. The zero-order valence-corrected chi connectivity index (χ0v) is 17.1. The number of hydrazine groups is 1. The van der Waals surface area contributed by atoms with E-state index in [1.54, 1.807) is 68.4 Å². The molecule has 0 saturated heterocycles. The molecule has 0 aliphatic rings. The van der Waals surface area contributed by atoms with Crippen LogP contribution in [-0.4, -0.2) is 24.2 Å². The van der Waals surface area contributed by atoms with Gasteiger partial charge in [-0.2, -0.15) is 0 Å². The maximum absolute atomic E-state index is 12.4. The predicted octanol–water partition coefficient (Wildman–Crippen LogP) is 3.62. The highest BCUT2D eigenvalue weighted by Crippen LogP contribution is 2.17. The van der Waals surface area contributed by atoms with Crippen molar-refractivity contribution in [3.05, 3.63) is 87.8 Å². The number of hydrogen-bond donors (Lipinski definition) is 2. The van der Waals surface area contributed by atoms with Gasteiger partial charge in [-0.1, -0.05) is 11.6 Å². The molecule has 2 aromatic carbocycles. The highest BCUT2D eigenvalue weighted by Gasteiger charge is 2.14. The summed E-state index contributed by atoms with van der Waals surface area (Å²) < 4.78 is 10.7. The van der Waals surface area contributed by atoms with Gasteiger partial charge in [0.05, 0.1) is 5.56 Å². The molecule has 0 atom stereocenters. The third kappa shape index (κ3) is 5.27. The summed E-state index contributed by atoms with van der Waals surface area (Å²) in [7, 11) is 0. The summed E-state index contributed by atoms with van der Waals surface area (Å²) in [6.45, 7) is 3.08. The van der Waals surface area contributed by atoms with Crippen molar-refractivity contribution < 1.29 is 23.5 Å². The SMILES string of the molecule is Cc1cc(C(=O)NNC(=O)COc2ccc(C(=O)c3ccc(Cl)cc3)cc2)c(C)o1. The topological polar surface area (TPSA) is 97.6 Å². The van der Waals surface area contributed by atoms with Crippen molar-refractivity contribution in [2.45, 2.75) is 13.8 Å². The molecular weight excluding hydrogens is 408 g/mol. The third-order valence-corrected chi connectivity index (χ3v) is 4.45. The van der Waals surface area contributed by atoms with Crippen LogP contribution in [0.4, 0.5) is 0 Å². The first kappa shape index (κ1) is 21.1. The lowest BCUT2D eigenvalue weighted by molar-refractivity contribution is -0.123. The van der Waals surface area contributed by atoms with Crippen LogP contribution in [0.25, 0.3) is 0 Å². The van der Waals surface area contributed by atoms with Crippen LogP contribution in [0.1, 0.15) is 37.8 Å². The number of ketones is 1. The van der Waals surface area contributed by atoms with Gasteiger partial charge in [0, 0.05) is 16.1 Å². The van der Waals surface area contributed by atoms with Crippen LogP contribution < -0.4 is 15.6 Å². The number of hydrogen-bond acceptors (Lipinski definition) is 5. The predicted molar refractivity (Wildman–Crippen MR) is 111 cm³/mol. The van der Waals surface area contributed by atoms with E-state index in [4.69, 9.17) is 20.8 Å². The van der Waals surface area contributed by atoms with E-state index in [0.717, 1.165) is 0 Å². The van der Waals surface area contributed by atoms with Crippen LogP contribution in [0.3, 0.4) is 0 Å². The number of carbonyl (C=O) groups is 3. The second kappa shape index (κ2) is 9.28. The number of nitrogens with one attached hydrogen (secondary N) is 2. The van der Waals surface area contributed by atoms with Gasteiger partial charge in [0.1, 0.15) is 17.3 Å². The number of furan rings is 1. The third-order valence-electron chi connectivity index (χ3n) is 4.19. The smallest absolute Gasteiger partial charge is 0.276 e. The average Bonchev–Trinajstić information content (AvgIpc) is 3.09. The number of rotatable bonds is 6. The molecule has 0 spiro atoms. The zero-order valence-electron chi connectivity index (χ0n) is 16.3. The van der Waals surface area contributed by atoms with Crippen molar-refractivity contribution in [3.8, 4) is 5.75 Å². The molecule has 8 heteroatoms. The van der Waals surface area contributed by atoms with E-state index in [2.05, 4.69) is 10.9 Å². The first-order valence-electron chi connectivity index (χ1n) is 9.03. The van der Waals surface area contributed by atoms with Crippen molar-refractivity contribution in [1.82, 2.24) is 10.9 Å². The Morgan fingerprint density at radius 1 is 0.933 bits per heavy atom. The molecule has 2 N–H and O–H groups in total. The van der Waals surface area contributed by atoms with E-state index in [9.17, 15) is 14.4 Å². The lowest BCUT2D eigenvalue weighted by atomic mass is 10.0. The average molecular weight is 427 g/mol. The fourth-order valence-corrected chi connectivity index (χ4v) is 2.83. The minimum atomic E-state index is -0.539. The molecule has 0 radical (unpaired) electrons. The fourth-order valence-electron chi connectivity index (χ4n) is 2.71. The molecule has 1 heterocycles. The molecule has 0 aliphatic carbocycles. The van der Waals surface area contributed by atoms with Gasteiger partial charge in [-0.15, -0.1) is 0 Å². The maximum atomic E-state index is 12.4. The first-order chi connectivity index (χ1) is 14.3. The molecule has 0 bridgehead atoms. The number of benzene rings is 2. The summed E-state index contributed by atoms with van der Waals surface area (Å²) in [5.74, 6) is 0.299. The van der Waals surface area contributed by atoms with Crippen LogP contribution in [0.5, 0.6) is 5.75 Å². The summed E-state index contributed by atoms with van der Waals surface area (Å²) >= 11 is 5.83. The molecule has 3 rings (SSSR count). The molecule has 30 heavy (non-hydrogen) atoms. The van der Waals surface area contributed by atoms with Gasteiger partial charge < -0.3 is 9.15 Å². The van der Waals surface area contributed by atoms with Crippen LogP contribution in [0, 0.1) is 13.8 Å². The Morgan fingerprint density at radius 3 is 2.10 bits per heavy atom. The molecule has 1 aromatic heterocycles. The van der Waals surface area contributed by atoms with Crippen molar-refractivity contribution in [2.24, 2.45) is 0 Å². The van der Waals surface area contributed by atoms with Gasteiger partial charge >= 0.3 is 0 Å². The fraction of sp³-hybridized carbons (Fsp3) is 0.136. The van der Waals surface area contributed by atoms with Crippen molar-refractivity contribution in [1.29, 1.82) is 0 Å². The lowest BCUT2D eigenvalue weighted by Crippen LogP contribution is -2.43. The maximum Gasteiger partial charge on any atom is 0.276 e. The number of aryl methyl sites for hydroxylation is 2. The second-order valence-electron chi connectivity index (χ2n) is 6.48. The van der Waals surface area contributed by atoms with Crippen LogP contribution in [0.2, 0.25) is 5.02 Å². The van der Waals surface area contributed by atoms with Crippen molar-refractivity contribution in [2.75, 3.05) is 6.61 Å². The molecule has 0 unspecified atom stereocenters. The lowest BCUT2D eigenvalue weighted by Gasteiger charge is -2.09. The van der Waals surface area contributed by atoms with Gasteiger partial charge in [0.15, 0.2) is 12.4 Å². The molecule has 7 nitrogen and oxygen atoms in total. The number of halogens is 1. The molecule has 0 fully saturated rings. The van der Waals surface area contributed by atoms with Crippen LogP contribution in [0.15, 0.2) is 59.0 Å². The highest BCUT2D eigenvalue weighted by atomic mass is 35.5. The number of ether oxygens (including phenoxy) is 1. The van der Waals surface area contributed by atoms with Crippen LogP contribution in [-0.2, 0) is 4.79 Å². The van der Waals surface area contributed by atoms with Gasteiger partial charge in [-0.05, 0) is 68.4 Å². The summed E-state index contributed by atoms with van der Waals surface area (Å²) in [6, 6.07) is 14.6. The Hall–Kier alpha value is -3.58. The molecule has 3 aromatic rings. The summed E-state index contributed by atoms with van der Waals surface area (Å²) in [6.07, 6.45) is 0. The molecule has 0 aliphatic heterocycles. The summed E-state index contributed by atoms with van der Waals surface area (Å²) in [4.78, 5) is 36.4. The molecular formula is C22H19ClN2O5. The number of carbonyl (C=O) groups excluding carboxylic acids is 3. The Bertz CT molecular complexity index is 1070.